The van der Waals surface area contributed by atoms with Gasteiger partial charge in [0.25, 0.3) is 11.6 Å². The molecule has 7 rings (SSSR count). The van der Waals surface area contributed by atoms with Gasteiger partial charge in [0.15, 0.2) is 0 Å². The largest absolute Gasteiger partial charge is 0.376 e. The standard InChI is InChI=1S/C29H35BrN4O3/c1-19(29-16-20-11-21(17-29)13-22(12-20)18-29)31-26-15-25(5-6-27(26)34(36)37)32-7-9-33(10-8-32)28(35)23-3-2-4-24(30)14-23/h2-6,14-15,19-22,31H,7-13,16-18H2,1H3/t19-,20?,21?,22?,29?/m1/s1. The zero-order chi connectivity index (χ0) is 25.7. The molecule has 0 aromatic heterocycles. The summed E-state index contributed by atoms with van der Waals surface area (Å²) in [5.74, 6) is 2.56. The van der Waals surface area contributed by atoms with Crippen LogP contribution in [0.25, 0.3) is 0 Å². The monoisotopic (exact) mass is 566 g/mol. The summed E-state index contributed by atoms with van der Waals surface area (Å²) >= 11 is 3.45. The molecule has 8 heteroatoms. The van der Waals surface area contributed by atoms with Crippen molar-refractivity contribution in [1.29, 1.82) is 0 Å². The predicted molar refractivity (Wildman–Crippen MR) is 149 cm³/mol. The van der Waals surface area contributed by atoms with Crippen LogP contribution in [-0.2, 0) is 0 Å². The Balaban J connectivity index is 1.17. The zero-order valence-corrected chi connectivity index (χ0v) is 23.0. The molecule has 2 aromatic carbocycles. The van der Waals surface area contributed by atoms with E-state index < -0.39 is 0 Å². The highest BCUT2D eigenvalue weighted by Crippen LogP contribution is 2.61. The second-order valence-electron chi connectivity index (χ2n) is 11.9. The third kappa shape index (κ3) is 4.73. The van der Waals surface area contributed by atoms with E-state index in [0.717, 1.165) is 27.9 Å². The minimum Gasteiger partial charge on any atom is -0.376 e. The first-order valence-electron chi connectivity index (χ1n) is 13.6. The van der Waals surface area contributed by atoms with Gasteiger partial charge in [-0.15, -0.1) is 0 Å². The van der Waals surface area contributed by atoms with Crippen LogP contribution in [0.5, 0.6) is 0 Å². The van der Waals surface area contributed by atoms with E-state index in [-0.39, 0.29) is 28.0 Å². The number of nitrogens with one attached hydrogen (secondary N) is 1. The van der Waals surface area contributed by atoms with Crippen LogP contribution in [0.1, 0.15) is 55.8 Å². The minimum absolute atomic E-state index is 0.0383. The quantitative estimate of drug-likeness (QED) is 0.326. The van der Waals surface area contributed by atoms with Crippen LogP contribution >= 0.6 is 15.9 Å². The average Bonchev–Trinajstić information content (AvgIpc) is 2.87. The maximum atomic E-state index is 13.0. The Hall–Kier alpha value is -2.61. The fraction of sp³-hybridized carbons (Fsp3) is 0.552. The number of halogens is 1. The molecule has 1 atom stereocenters. The van der Waals surface area contributed by atoms with Crippen LogP contribution in [-0.4, -0.2) is 48.0 Å². The van der Waals surface area contributed by atoms with Crippen molar-refractivity contribution in [2.24, 2.45) is 23.2 Å². The molecule has 1 amide bonds. The molecular formula is C29H35BrN4O3. The van der Waals surface area contributed by atoms with Crippen molar-refractivity contribution in [1.82, 2.24) is 4.90 Å². The van der Waals surface area contributed by atoms with Crippen molar-refractivity contribution < 1.29 is 9.72 Å². The van der Waals surface area contributed by atoms with Crippen molar-refractivity contribution in [3.63, 3.8) is 0 Å². The number of hydrogen-bond donors (Lipinski definition) is 1. The number of hydrogen-bond acceptors (Lipinski definition) is 5. The number of nitro groups is 1. The van der Waals surface area contributed by atoms with Gasteiger partial charge in [0.05, 0.1) is 4.92 Å². The highest BCUT2D eigenvalue weighted by Gasteiger charge is 2.53. The molecule has 1 heterocycles. The summed E-state index contributed by atoms with van der Waals surface area (Å²) in [6, 6.07) is 13.2. The first kappa shape index (κ1) is 24.7. The maximum absolute atomic E-state index is 13.0. The van der Waals surface area contributed by atoms with Gasteiger partial charge in [-0.3, -0.25) is 14.9 Å². The van der Waals surface area contributed by atoms with Crippen molar-refractivity contribution in [2.45, 2.75) is 51.5 Å². The van der Waals surface area contributed by atoms with Gasteiger partial charge < -0.3 is 15.1 Å². The number of amides is 1. The number of nitro benzene ring substituents is 1. The van der Waals surface area contributed by atoms with Gasteiger partial charge in [-0.2, -0.15) is 0 Å². The number of rotatable bonds is 6. The Bertz CT molecular complexity index is 1170. The molecule has 4 bridgehead atoms. The second kappa shape index (κ2) is 9.61. The van der Waals surface area contributed by atoms with E-state index in [1.54, 1.807) is 6.07 Å². The molecule has 0 radical (unpaired) electrons. The molecular weight excluding hydrogens is 532 g/mol. The first-order chi connectivity index (χ1) is 17.8. The lowest BCUT2D eigenvalue weighted by molar-refractivity contribution is -0.384. The summed E-state index contributed by atoms with van der Waals surface area (Å²) in [6.45, 7) is 4.88. The molecule has 37 heavy (non-hydrogen) atoms. The summed E-state index contributed by atoms with van der Waals surface area (Å²) in [5.41, 5.74) is 2.68. The Morgan fingerprint density at radius 2 is 1.68 bits per heavy atom. The number of benzene rings is 2. The van der Waals surface area contributed by atoms with Crippen molar-refractivity contribution in [3.8, 4) is 0 Å². The molecule has 1 N–H and O–H groups in total. The maximum Gasteiger partial charge on any atom is 0.292 e. The normalized spacial score (nSPS) is 29.3. The van der Waals surface area contributed by atoms with Gasteiger partial charge in [0, 0.05) is 54.0 Å². The lowest BCUT2D eigenvalue weighted by Crippen LogP contribution is -2.53. The molecule has 1 aliphatic heterocycles. The van der Waals surface area contributed by atoms with Crippen LogP contribution in [0, 0.1) is 33.3 Å². The molecule has 4 aliphatic carbocycles. The van der Waals surface area contributed by atoms with Gasteiger partial charge in [0.2, 0.25) is 0 Å². The number of anilines is 2. The molecule has 0 spiro atoms. The Morgan fingerprint density at radius 1 is 1.03 bits per heavy atom. The first-order valence-corrected chi connectivity index (χ1v) is 14.4. The van der Waals surface area contributed by atoms with Crippen LogP contribution in [0.15, 0.2) is 46.9 Å². The summed E-state index contributed by atoms with van der Waals surface area (Å²) in [5, 5.41) is 15.6. The van der Waals surface area contributed by atoms with Crippen LogP contribution in [0.4, 0.5) is 17.1 Å². The SMILES string of the molecule is C[C@@H](Nc1cc(N2CCN(C(=O)c3cccc(Br)c3)CC2)ccc1[N+](=O)[O-])C12CC3CC(CC(C3)C1)C2. The molecule has 7 nitrogen and oxygen atoms in total. The Labute approximate surface area is 226 Å². The fourth-order valence-electron chi connectivity index (χ4n) is 8.06. The Kier molecular flexibility index (Phi) is 6.42. The molecule has 196 valence electrons. The van der Waals surface area contributed by atoms with Crippen LogP contribution in [0.3, 0.4) is 0 Å². The topological polar surface area (TPSA) is 78.7 Å². The van der Waals surface area contributed by atoms with Gasteiger partial charge in [-0.25, -0.2) is 0 Å². The third-order valence-corrected chi connectivity index (χ3v) is 10.0. The number of piperazine rings is 1. The van der Waals surface area contributed by atoms with Crippen LogP contribution < -0.4 is 10.2 Å². The number of nitrogens with zero attached hydrogens (tertiary/aromatic N) is 3. The van der Waals surface area contributed by atoms with Gasteiger partial charge >= 0.3 is 0 Å². The smallest absolute Gasteiger partial charge is 0.292 e. The molecule has 5 fully saturated rings. The molecule has 0 unspecified atom stereocenters. The lowest BCUT2D eigenvalue weighted by Gasteiger charge is -2.59. The van der Waals surface area contributed by atoms with E-state index in [4.69, 9.17) is 0 Å². The summed E-state index contributed by atoms with van der Waals surface area (Å²) in [4.78, 5) is 28.7. The van der Waals surface area contributed by atoms with Gasteiger partial charge in [0.1, 0.15) is 5.69 Å². The molecule has 1 saturated heterocycles. The summed E-state index contributed by atoms with van der Waals surface area (Å²) in [6.07, 6.45) is 7.94. The van der Waals surface area contributed by atoms with E-state index in [1.165, 1.54) is 38.5 Å². The highest BCUT2D eigenvalue weighted by atomic mass is 79.9. The number of carbonyl (C=O) groups is 1. The molecule has 5 aliphatic rings. The average molecular weight is 568 g/mol. The van der Waals surface area contributed by atoms with Crippen molar-refractivity contribution in [2.75, 3.05) is 36.4 Å². The third-order valence-electron chi connectivity index (χ3n) is 9.56. The fourth-order valence-corrected chi connectivity index (χ4v) is 8.46. The molecule has 2 aromatic rings. The lowest BCUT2D eigenvalue weighted by atomic mass is 9.48. The van der Waals surface area contributed by atoms with E-state index in [0.29, 0.717) is 37.4 Å². The van der Waals surface area contributed by atoms with E-state index in [9.17, 15) is 14.9 Å². The summed E-state index contributed by atoms with van der Waals surface area (Å²) in [7, 11) is 0. The summed E-state index contributed by atoms with van der Waals surface area (Å²) < 4.78 is 0.894. The second-order valence-corrected chi connectivity index (χ2v) is 12.8. The van der Waals surface area contributed by atoms with Gasteiger partial charge in [-0.05, 0) is 98.9 Å². The Morgan fingerprint density at radius 3 is 2.27 bits per heavy atom. The minimum atomic E-state index is -0.271. The van der Waals surface area contributed by atoms with E-state index in [2.05, 4.69) is 33.1 Å². The van der Waals surface area contributed by atoms with Gasteiger partial charge in [-0.1, -0.05) is 22.0 Å². The molecule has 4 saturated carbocycles. The van der Waals surface area contributed by atoms with Crippen LogP contribution in [0.2, 0.25) is 0 Å². The van der Waals surface area contributed by atoms with Crippen molar-refractivity contribution >= 4 is 38.9 Å². The highest BCUT2D eigenvalue weighted by molar-refractivity contribution is 9.10. The predicted octanol–water partition coefficient (Wildman–Crippen LogP) is 6.34. The van der Waals surface area contributed by atoms with E-state index in [1.807, 2.05) is 41.3 Å². The number of carbonyl (C=O) groups excluding carboxylic acids is 1. The zero-order valence-electron chi connectivity index (χ0n) is 21.4. The van der Waals surface area contributed by atoms with Crippen molar-refractivity contribution in [3.05, 3.63) is 62.6 Å². The van der Waals surface area contributed by atoms with E-state index >= 15 is 0 Å².